The Morgan fingerprint density at radius 3 is 2.54 bits per heavy atom. The number of nitrogens with zero attached hydrogens (tertiary/aromatic N) is 1. The Balaban J connectivity index is 1.72. The Morgan fingerprint density at radius 2 is 1.82 bits per heavy atom. The van der Waals surface area contributed by atoms with Gasteiger partial charge in [0.15, 0.2) is 5.96 Å². The predicted molar refractivity (Wildman–Crippen MR) is 118 cm³/mol. The SMILES string of the molecule is CCNC(=NCCNC(=O)CC1CCCCC1)NC1CCCC(S(=O)CC)C1. The van der Waals surface area contributed by atoms with Crippen molar-refractivity contribution in [3.63, 3.8) is 0 Å². The smallest absolute Gasteiger partial charge is 0.220 e. The fourth-order valence-corrected chi connectivity index (χ4v) is 5.70. The molecule has 3 unspecified atom stereocenters. The van der Waals surface area contributed by atoms with E-state index in [9.17, 15) is 9.00 Å². The average Bonchev–Trinajstić information content (AvgIpc) is 2.71. The average molecular weight is 413 g/mol. The molecular weight excluding hydrogens is 372 g/mol. The lowest BCUT2D eigenvalue weighted by Crippen LogP contribution is -2.47. The van der Waals surface area contributed by atoms with Gasteiger partial charge < -0.3 is 16.0 Å². The molecule has 2 fully saturated rings. The first-order valence-corrected chi connectivity index (χ1v) is 12.7. The molecule has 0 aliphatic heterocycles. The van der Waals surface area contributed by atoms with Crippen LogP contribution in [0.1, 0.15) is 78.1 Å². The van der Waals surface area contributed by atoms with E-state index in [1.165, 1.54) is 32.1 Å². The highest BCUT2D eigenvalue weighted by Gasteiger charge is 2.26. The number of guanidine groups is 1. The van der Waals surface area contributed by atoms with E-state index < -0.39 is 10.8 Å². The van der Waals surface area contributed by atoms with Crippen molar-refractivity contribution in [2.75, 3.05) is 25.4 Å². The quantitative estimate of drug-likeness (QED) is 0.309. The van der Waals surface area contributed by atoms with Gasteiger partial charge in [-0.15, -0.1) is 0 Å². The fourth-order valence-electron chi connectivity index (χ4n) is 4.35. The van der Waals surface area contributed by atoms with Crippen LogP contribution in [-0.2, 0) is 15.6 Å². The summed E-state index contributed by atoms with van der Waals surface area (Å²) in [5.41, 5.74) is 0. The number of aliphatic imine (C=N–C) groups is 1. The Kier molecular flexibility index (Phi) is 10.9. The Hall–Kier alpha value is -1.11. The van der Waals surface area contributed by atoms with Gasteiger partial charge in [0.05, 0.1) is 6.54 Å². The topological polar surface area (TPSA) is 82.6 Å². The van der Waals surface area contributed by atoms with Crippen molar-refractivity contribution in [3.05, 3.63) is 0 Å². The molecule has 3 atom stereocenters. The molecule has 0 aromatic rings. The monoisotopic (exact) mass is 412 g/mol. The number of hydrogen-bond acceptors (Lipinski definition) is 3. The van der Waals surface area contributed by atoms with Crippen LogP contribution >= 0.6 is 0 Å². The van der Waals surface area contributed by atoms with Crippen LogP contribution in [0.2, 0.25) is 0 Å². The van der Waals surface area contributed by atoms with Crippen LogP contribution in [0.3, 0.4) is 0 Å². The van der Waals surface area contributed by atoms with Crippen LogP contribution in [0.25, 0.3) is 0 Å². The first-order valence-electron chi connectivity index (χ1n) is 11.3. The van der Waals surface area contributed by atoms with Crippen molar-refractivity contribution >= 4 is 22.7 Å². The maximum absolute atomic E-state index is 12.1. The second-order valence-electron chi connectivity index (χ2n) is 8.12. The summed E-state index contributed by atoms with van der Waals surface area (Å²) in [6, 6.07) is 0.327. The van der Waals surface area contributed by atoms with E-state index in [2.05, 4.69) is 27.9 Å². The van der Waals surface area contributed by atoms with E-state index in [4.69, 9.17) is 0 Å². The molecule has 0 bridgehead atoms. The Bertz CT molecular complexity index is 521. The Morgan fingerprint density at radius 1 is 1.04 bits per heavy atom. The summed E-state index contributed by atoms with van der Waals surface area (Å²) in [7, 11) is -0.716. The molecule has 2 saturated carbocycles. The zero-order chi connectivity index (χ0) is 20.2. The molecule has 0 aromatic carbocycles. The summed E-state index contributed by atoms with van der Waals surface area (Å²) >= 11 is 0. The third-order valence-electron chi connectivity index (χ3n) is 5.87. The highest BCUT2D eigenvalue weighted by atomic mass is 32.2. The van der Waals surface area contributed by atoms with Gasteiger partial charge in [-0.3, -0.25) is 14.0 Å². The number of carbonyl (C=O) groups excluding carboxylic acids is 1. The van der Waals surface area contributed by atoms with Crippen LogP contribution in [0, 0.1) is 5.92 Å². The van der Waals surface area contributed by atoms with Crippen molar-refractivity contribution in [1.82, 2.24) is 16.0 Å². The van der Waals surface area contributed by atoms with Crippen LogP contribution in [0.15, 0.2) is 4.99 Å². The molecule has 2 aliphatic rings. The van der Waals surface area contributed by atoms with Crippen molar-refractivity contribution < 1.29 is 9.00 Å². The van der Waals surface area contributed by atoms with Gasteiger partial charge >= 0.3 is 0 Å². The second-order valence-corrected chi connectivity index (χ2v) is 10.1. The summed E-state index contributed by atoms with van der Waals surface area (Å²) in [5.74, 6) is 2.28. The molecule has 0 heterocycles. The Labute approximate surface area is 173 Å². The minimum atomic E-state index is -0.716. The molecule has 1 amide bonds. The van der Waals surface area contributed by atoms with E-state index in [0.29, 0.717) is 36.7 Å². The summed E-state index contributed by atoms with van der Waals surface area (Å²) in [4.78, 5) is 16.7. The fraction of sp³-hybridized carbons (Fsp3) is 0.905. The normalized spacial score (nSPS) is 25.1. The van der Waals surface area contributed by atoms with Crippen molar-refractivity contribution in [1.29, 1.82) is 0 Å². The van der Waals surface area contributed by atoms with Gasteiger partial charge in [0, 0.05) is 47.4 Å². The minimum absolute atomic E-state index is 0.164. The molecule has 162 valence electrons. The summed E-state index contributed by atoms with van der Waals surface area (Å²) < 4.78 is 12.1. The van der Waals surface area contributed by atoms with E-state index in [0.717, 1.165) is 43.9 Å². The number of amides is 1. The molecule has 3 N–H and O–H groups in total. The summed E-state index contributed by atoms with van der Waals surface area (Å²) in [5, 5.41) is 10.1. The van der Waals surface area contributed by atoms with E-state index >= 15 is 0 Å². The molecule has 0 radical (unpaired) electrons. The van der Waals surface area contributed by atoms with Gasteiger partial charge in [-0.05, 0) is 44.9 Å². The van der Waals surface area contributed by atoms with Gasteiger partial charge in [-0.25, -0.2) is 0 Å². The third kappa shape index (κ3) is 8.50. The van der Waals surface area contributed by atoms with Gasteiger partial charge in [0.1, 0.15) is 0 Å². The first-order chi connectivity index (χ1) is 13.6. The van der Waals surface area contributed by atoms with E-state index in [1.807, 2.05) is 6.92 Å². The predicted octanol–water partition coefficient (Wildman–Crippen LogP) is 2.71. The van der Waals surface area contributed by atoms with Crippen LogP contribution in [0.5, 0.6) is 0 Å². The largest absolute Gasteiger partial charge is 0.357 e. The molecule has 2 aliphatic carbocycles. The highest BCUT2D eigenvalue weighted by molar-refractivity contribution is 7.85. The highest BCUT2D eigenvalue weighted by Crippen LogP contribution is 2.26. The van der Waals surface area contributed by atoms with Crippen molar-refractivity contribution in [2.45, 2.75) is 89.3 Å². The maximum atomic E-state index is 12.1. The molecule has 0 aromatic heterocycles. The molecule has 0 spiro atoms. The van der Waals surface area contributed by atoms with Gasteiger partial charge in [0.25, 0.3) is 0 Å². The molecule has 7 heteroatoms. The second kappa shape index (κ2) is 13.2. The van der Waals surface area contributed by atoms with Crippen LogP contribution < -0.4 is 16.0 Å². The van der Waals surface area contributed by atoms with Crippen molar-refractivity contribution in [3.8, 4) is 0 Å². The van der Waals surface area contributed by atoms with Gasteiger partial charge in [0.2, 0.25) is 5.91 Å². The summed E-state index contributed by atoms with van der Waals surface area (Å²) in [6.07, 6.45) is 11.2. The lowest BCUT2D eigenvalue weighted by Gasteiger charge is -2.30. The first kappa shape index (κ1) is 23.2. The standard InChI is InChI=1S/C21H40N4O2S/c1-3-22-21(25-18-11-8-12-19(16-18)28(27)4-2)24-14-13-23-20(26)15-17-9-6-5-7-10-17/h17-19H,3-16H2,1-2H3,(H,23,26)(H2,22,24,25). The molecular formula is C21H40N4O2S. The van der Waals surface area contributed by atoms with Crippen LogP contribution in [-0.4, -0.2) is 52.8 Å². The number of hydrogen-bond donors (Lipinski definition) is 3. The number of carbonyl (C=O) groups is 1. The van der Waals surface area contributed by atoms with Crippen molar-refractivity contribution in [2.24, 2.45) is 10.9 Å². The lowest BCUT2D eigenvalue weighted by molar-refractivity contribution is -0.122. The number of nitrogens with one attached hydrogen (secondary N) is 3. The zero-order valence-corrected chi connectivity index (χ0v) is 18.6. The molecule has 6 nitrogen and oxygen atoms in total. The lowest BCUT2D eigenvalue weighted by atomic mass is 9.87. The van der Waals surface area contributed by atoms with Crippen LogP contribution in [0.4, 0.5) is 0 Å². The molecule has 2 rings (SSSR count). The third-order valence-corrected chi connectivity index (χ3v) is 7.61. The van der Waals surface area contributed by atoms with E-state index in [-0.39, 0.29) is 5.91 Å². The summed E-state index contributed by atoms with van der Waals surface area (Å²) in [6.45, 7) is 6.01. The van der Waals surface area contributed by atoms with E-state index in [1.54, 1.807) is 0 Å². The number of rotatable bonds is 9. The minimum Gasteiger partial charge on any atom is -0.357 e. The maximum Gasteiger partial charge on any atom is 0.220 e. The molecule has 28 heavy (non-hydrogen) atoms. The zero-order valence-electron chi connectivity index (χ0n) is 17.8. The molecule has 0 saturated heterocycles. The van der Waals surface area contributed by atoms with Gasteiger partial charge in [-0.2, -0.15) is 0 Å². The van der Waals surface area contributed by atoms with Gasteiger partial charge in [-0.1, -0.05) is 32.6 Å².